The molecule has 172 valence electrons. The van der Waals surface area contributed by atoms with E-state index >= 15 is 0 Å². The minimum atomic E-state index is -1.75. The molecule has 0 radical (unpaired) electrons. The topological polar surface area (TPSA) is 59.1 Å². The Morgan fingerprint density at radius 3 is 2.15 bits per heavy atom. The lowest BCUT2D eigenvalue weighted by Crippen LogP contribution is -2.62. The number of benzene rings is 1. The van der Waals surface area contributed by atoms with Crippen LogP contribution in [0, 0.1) is 6.92 Å². The molecule has 2 aromatic heterocycles. The zero-order valence-electron chi connectivity index (χ0n) is 18.7. The van der Waals surface area contributed by atoms with Crippen LogP contribution >= 0.6 is 22.7 Å². The maximum atomic E-state index is 13.4. The van der Waals surface area contributed by atoms with E-state index in [0.29, 0.717) is 21.8 Å². The summed E-state index contributed by atoms with van der Waals surface area (Å²) in [5.74, 6) is -0.568. The quantitative estimate of drug-likeness (QED) is 0.325. The molecule has 6 rings (SSSR count). The van der Waals surface area contributed by atoms with Gasteiger partial charge in [-0.3, -0.25) is 0 Å². The second-order valence-electron chi connectivity index (χ2n) is 9.85. The molecule has 3 saturated heterocycles. The van der Waals surface area contributed by atoms with Crippen molar-refractivity contribution in [1.29, 1.82) is 0 Å². The molecule has 5 nitrogen and oxygen atoms in total. The summed E-state index contributed by atoms with van der Waals surface area (Å²) < 4.78 is 13.0. The highest BCUT2D eigenvalue weighted by atomic mass is 32.1. The number of morpholine rings is 1. The smallest absolute Gasteiger partial charge is 0.349 e. The van der Waals surface area contributed by atoms with Crippen molar-refractivity contribution < 1.29 is 23.9 Å². The Bertz CT molecular complexity index is 1090. The molecule has 3 fully saturated rings. The number of hydrogen-bond acceptors (Lipinski definition) is 6. The number of aryl methyl sites for hydroxylation is 1. The maximum Gasteiger partial charge on any atom is 0.349 e. The summed E-state index contributed by atoms with van der Waals surface area (Å²) in [6, 6.07) is 16.7. The number of hydrogen-bond donors (Lipinski definition) is 1. The van der Waals surface area contributed by atoms with Crippen molar-refractivity contribution in [3.63, 3.8) is 0 Å². The second kappa shape index (κ2) is 7.75. The van der Waals surface area contributed by atoms with Crippen LogP contribution in [0.2, 0.25) is 0 Å². The molecule has 0 aliphatic carbocycles. The van der Waals surface area contributed by atoms with Crippen molar-refractivity contribution in [2.45, 2.75) is 62.3 Å². The summed E-state index contributed by atoms with van der Waals surface area (Å²) in [6.45, 7) is 3.07. The second-order valence-corrected chi connectivity index (χ2v) is 11.7. The van der Waals surface area contributed by atoms with E-state index in [1.165, 1.54) is 33.8 Å². The molecule has 0 saturated carbocycles. The fraction of sp³-hybridized carbons (Fsp3) is 0.423. The van der Waals surface area contributed by atoms with Gasteiger partial charge in [0.2, 0.25) is 5.60 Å². The molecular formula is C26H28NO4S2+. The van der Waals surface area contributed by atoms with Gasteiger partial charge in [0.25, 0.3) is 0 Å². The number of carbonyl (C=O) groups is 1. The van der Waals surface area contributed by atoms with Crippen LogP contribution in [0.25, 0.3) is 0 Å². The van der Waals surface area contributed by atoms with Crippen LogP contribution in [-0.4, -0.2) is 53.0 Å². The van der Waals surface area contributed by atoms with Crippen LogP contribution in [-0.2, 0) is 26.4 Å². The van der Waals surface area contributed by atoms with Gasteiger partial charge in [-0.1, -0.05) is 42.0 Å². The van der Waals surface area contributed by atoms with E-state index in [1.54, 1.807) is 12.1 Å². The molecule has 4 unspecified atom stereocenters. The van der Waals surface area contributed by atoms with Gasteiger partial charge in [-0.2, -0.15) is 0 Å². The van der Waals surface area contributed by atoms with Crippen LogP contribution in [0.4, 0.5) is 0 Å². The molecule has 0 spiro atoms. The fourth-order valence-electron chi connectivity index (χ4n) is 6.00. The molecule has 5 heterocycles. The highest BCUT2D eigenvalue weighted by Crippen LogP contribution is 2.53. The molecule has 1 aromatic carbocycles. The highest BCUT2D eigenvalue weighted by Gasteiger charge is 2.72. The normalized spacial score (nSPS) is 32.4. The third-order valence-corrected chi connectivity index (χ3v) is 9.77. The summed E-state index contributed by atoms with van der Waals surface area (Å²) in [6.07, 6.45) is 1.82. The summed E-state index contributed by atoms with van der Waals surface area (Å²) in [7, 11) is 2.33. The van der Waals surface area contributed by atoms with Crippen LogP contribution in [0.5, 0.6) is 0 Å². The zero-order valence-corrected chi connectivity index (χ0v) is 20.4. The van der Waals surface area contributed by atoms with E-state index in [2.05, 4.69) is 38.2 Å². The average molecular weight is 483 g/mol. The minimum absolute atomic E-state index is 0.209. The van der Waals surface area contributed by atoms with Crippen LogP contribution in [0.3, 0.4) is 0 Å². The number of likely N-dealkylation sites (N-methyl/N-ethyl adjacent to an activating group) is 1. The van der Waals surface area contributed by atoms with E-state index in [-0.39, 0.29) is 18.3 Å². The molecule has 3 aliphatic rings. The van der Waals surface area contributed by atoms with Gasteiger partial charge >= 0.3 is 5.97 Å². The Labute approximate surface area is 201 Å². The zero-order chi connectivity index (χ0) is 22.8. The summed E-state index contributed by atoms with van der Waals surface area (Å²) >= 11 is 2.75. The van der Waals surface area contributed by atoms with Gasteiger partial charge in [0.15, 0.2) is 0 Å². The lowest BCUT2D eigenvalue weighted by atomic mass is 9.93. The lowest BCUT2D eigenvalue weighted by molar-refractivity contribution is -0.968. The van der Waals surface area contributed by atoms with Crippen molar-refractivity contribution in [3.8, 4) is 0 Å². The first-order chi connectivity index (χ1) is 15.9. The first-order valence-electron chi connectivity index (χ1n) is 11.5. The van der Waals surface area contributed by atoms with Gasteiger partial charge in [0.1, 0.15) is 36.9 Å². The van der Waals surface area contributed by atoms with Gasteiger partial charge in [0.05, 0.1) is 16.8 Å². The average Bonchev–Trinajstić information content (AvgIpc) is 3.15. The van der Waals surface area contributed by atoms with Gasteiger partial charge in [0, 0.05) is 18.4 Å². The van der Waals surface area contributed by atoms with Crippen molar-refractivity contribution in [3.05, 3.63) is 80.2 Å². The number of carbonyl (C=O) groups excluding carboxylic acids is 1. The SMILES string of the molecule is Cc1ccc(C[N+]2(C)C3CC(OC(=O)C(O)(c4cccs4)c4cccs4)CC2C2OC23)cc1. The molecule has 1 N–H and O–H groups in total. The first kappa shape index (κ1) is 21.5. The van der Waals surface area contributed by atoms with E-state index in [4.69, 9.17) is 9.47 Å². The molecule has 3 aliphatic heterocycles. The van der Waals surface area contributed by atoms with E-state index in [9.17, 15) is 9.90 Å². The first-order valence-corrected chi connectivity index (χ1v) is 13.2. The molecule has 33 heavy (non-hydrogen) atoms. The highest BCUT2D eigenvalue weighted by molar-refractivity contribution is 7.12. The third-order valence-electron chi connectivity index (χ3n) is 7.81. The fourth-order valence-corrected chi connectivity index (χ4v) is 7.72. The number of thiophene rings is 2. The molecule has 2 bridgehead atoms. The lowest BCUT2D eigenvalue weighted by Gasteiger charge is -2.48. The maximum absolute atomic E-state index is 13.4. The van der Waals surface area contributed by atoms with Gasteiger partial charge in [-0.25, -0.2) is 4.79 Å². The van der Waals surface area contributed by atoms with Crippen LogP contribution in [0.1, 0.15) is 33.7 Å². The van der Waals surface area contributed by atoms with E-state index in [0.717, 1.165) is 23.9 Å². The Morgan fingerprint density at radius 2 is 1.64 bits per heavy atom. The number of piperidine rings is 1. The van der Waals surface area contributed by atoms with Crippen molar-refractivity contribution in [2.75, 3.05) is 7.05 Å². The van der Waals surface area contributed by atoms with Gasteiger partial charge in [-0.05, 0) is 29.8 Å². The summed E-state index contributed by atoms with van der Waals surface area (Å²) in [5.41, 5.74) is 0.850. The molecule has 4 atom stereocenters. The van der Waals surface area contributed by atoms with Gasteiger partial charge in [-0.15, -0.1) is 22.7 Å². The van der Waals surface area contributed by atoms with E-state index < -0.39 is 11.6 Å². The predicted molar refractivity (Wildman–Crippen MR) is 128 cm³/mol. The third kappa shape index (κ3) is 3.41. The predicted octanol–water partition coefficient (Wildman–Crippen LogP) is 4.22. The Morgan fingerprint density at radius 1 is 1.06 bits per heavy atom. The van der Waals surface area contributed by atoms with Crippen LogP contribution < -0.4 is 0 Å². The number of ether oxygens (including phenoxy) is 2. The Hall–Kier alpha value is -2.03. The molecule has 0 amide bonds. The number of esters is 1. The number of aliphatic hydroxyl groups is 1. The number of epoxide rings is 1. The standard InChI is InChI=1S/C26H28NO4S2/c1-16-7-9-17(10-8-16)15-27(2)19-13-18(14-20(27)24-23(19)31-24)30-25(28)26(29,21-5-3-11-32-21)22-6-4-12-33-22/h3-12,18-20,23-24,29H,13-15H2,1-2H3/q+1. The van der Waals surface area contributed by atoms with Crippen molar-refractivity contribution >= 4 is 28.6 Å². The number of rotatable bonds is 6. The minimum Gasteiger partial charge on any atom is -0.459 e. The monoisotopic (exact) mass is 482 g/mol. The van der Waals surface area contributed by atoms with E-state index in [1.807, 2.05) is 22.9 Å². The molecular weight excluding hydrogens is 454 g/mol. The van der Waals surface area contributed by atoms with Crippen molar-refractivity contribution in [1.82, 2.24) is 0 Å². The molecule has 3 aromatic rings. The number of fused-ring (bicyclic) bond motifs is 5. The van der Waals surface area contributed by atoms with Gasteiger partial charge < -0.3 is 19.1 Å². The number of quaternary nitrogens is 1. The summed E-state index contributed by atoms with van der Waals surface area (Å²) in [4.78, 5) is 14.6. The summed E-state index contributed by atoms with van der Waals surface area (Å²) in [5, 5.41) is 15.3. The molecule has 7 heteroatoms. The Balaban J connectivity index is 1.22. The van der Waals surface area contributed by atoms with Crippen molar-refractivity contribution in [2.24, 2.45) is 0 Å². The van der Waals surface area contributed by atoms with Crippen LogP contribution in [0.15, 0.2) is 59.3 Å². The number of nitrogens with zero attached hydrogens (tertiary/aromatic N) is 1. The Kier molecular flexibility index (Phi) is 5.05. The largest absolute Gasteiger partial charge is 0.459 e.